The van der Waals surface area contributed by atoms with Gasteiger partial charge in [0.25, 0.3) is 0 Å². The van der Waals surface area contributed by atoms with E-state index in [2.05, 4.69) is 4.74 Å². The molecule has 0 aliphatic carbocycles. The van der Waals surface area contributed by atoms with Gasteiger partial charge in [0.05, 0.1) is 23.3 Å². The molecule has 0 heterocycles. The molecule has 0 aliphatic rings. The number of hydrogen-bond donors (Lipinski definition) is 0. The number of methoxy groups -OCH3 is 1. The lowest BCUT2D eigenvalue weighted by Crippen LogP contribution is -2.20. The summed E-state index contributed by atoms with van der Waals surface area (Å²) in [6.45, 7) is 0. The lowest BCUT2D eigenvalue weighted by atomic mass is 10.2. The van der Waals surface area contributed by atoms with Crippen LogP contribution >= 0.6 is 7.37 Å². The Balaban J connectivity index is 1.99. The summed E-state index contributed by atoms with van der Waals surface area (Å²) in [6.07, 6.45) is 0. The van der Waals surface area contributed by atoms with Crippen molar-refractivity contribution in [2.75, 3.05) is 7.11 Å². The smallest absolute Gasteiger partial charge is 0.337 e. The maximum absolute atomic E-state index is 13.7. The van der Waals surface area contributed by atoms with Gasteiger partial charge in [-0.05, 0) is 48.5 Å². The predicted molar refractivity (Wildman–Crippen MR) is 98.2 cm³/mol. The second-order valence-electron chi connectivity index (χ2n) is 5.33. The highest BCUT2D eigenvalue weighted by atomic mass is 31.2. The van der Waals surface area contributed by atoms with E-state index in [0.29, 0.717) is 21.9 Å². The van der Waals surface area contributed by atoms with Gasteiger partial charge >= 0.3 is 13.3 Å². The van der Waals surface area contributed by atoms with Crippen LogP contribution in [-0.2, 0) is 9.30 Å². The normalized spacial score (nSPS) is 10.9. The van der Waals surface area contributed by atoms with E-state index in [0.717, 1.165) is 0 Å². The van der Waals surface area contributed by atoms with E-state index in [9.17, 15) is 9.36 Å². The number of esters is 1. The van der Waals surface area contributed by atoms with E-state index < -0.39 is 13.3 Å². The van der Waals surface area contributed by atoms with Crippen molar-refractivity contribution in [2.45, 2.75) is 0 Å². The Morgan fingerprint density at radius 3 is 1.68 bits per heavy atom. The zero-order valence-electron chi connectivity index (χ0n) is 13.7. The second kappa shape index (κ2) is 7.37. The maximum atomic E-state index is 13.7. The van der Waals surface area contributed by atoms with Crippen molar-refractivity contribution in [3.63, 3.8) is 0 Å². The fourth-order valence-corrected chi connectivity index (χ4v) is 4.48. The largest absolute Gasteiger partial charge is 0.465 e. The SMILES string of the molecule is COC(=O)c1ccc(OP(=O)(c2ccccc2)c2ccccc2)cc1. The van der Waals surface area contributed by atoms with Gasteiger partial charge in [0.1, 0.15) is 5.75 Å². The minimum Gasteiger partial charge on any atom is -0.465 e. The number of carbonyl (C=O) groups excluding carboxylic acids is 1. The zero-order valence-corrected chi connectivity index (χ0v) is 14.6. The van der Waals surface area contributed by atoms with Crippen molar-refractivity contribution >= 4 is 23.9 Å². The minimum atomic E-state index is -3.31. The van der Waals surface area contributed by atoms with Crippen LogP contribution in [0.3, 0.4) is 0 Å². The fraction of sp³-hybridized carbons (Fsp3) is 0.0500. The second-order valence-corrected chi connectivity index (χ2v) is 7.65. The Kier molecular flexibility index (Phi) is 5.01. The molecule has 0 N–H and O–H groups in total. The van der Waals surface area contributed by atoms with E-state index in [1.165, 1.54) is 7.11 Å². The first-order chi connectivity index (χ1) is 12.1. The molecule has 0 amide bonds. The van der Waals surface area contributed by atoms with E-state index in [1.54, 1.807) is 48.5 Å². The highest BCUT2D eigenvalue weighted by Gasteiger charge is 2.29. The molecule has 4 nitrogen and oxygen atoms in total. The van der Waals surface area contributed by atoms with Crippen molar-refractivity contribution in [1.29, 1.82) is 0 Å². The predicted octanol–water partition coefficient (Wildman–Crippen LogP) is 3.78. The summed E-state index contributed by atoms with van der Waals surface area (Å²) in [6, 6.07) is 24.6. The van der Waals surface area contributed by atoms with Crippen LogP contribution in [0, 0.1) is 0 Å². The summed E-state index contributed by atoms with van der Waals surface area (Å²) in [5.74, 6) is -0.00968. The monoisotopic (exact) mass is 352 g/mol. The molecule has 3 aromatic rings. The van der Waals surface area contributed by atoms with Gasteiger partial charge < -0.3 is 9.26 Å². The van der Waals surface area contributed by atoms with Crippen molar-refractivity contribution in [3.8, 4) is 5.75 Å². The Labute approximate surface area is 146 Å². The zero-order chi connectivity index (χ0) is 17.7. The first kappa shape index (κ1) is 17.0. The Morgan fingerprint density at radius 1 is 0.760 bits per heavy atom. The molecule has 0 unspecified atom stereocenters. The quantitative estimate of drug-likeness (QED) is 0.518. The summed E-state index contributed by atoms with van der Waals surface area (Å²) in [5.41, 5.74) is 0.407. The van der Waals surface area contributed by atoms with Crippen LogP contribution in [0.25, 0.3) is 0 Å². The van der Waals surface area contributed by atoms with E-state index in [1.807, 2.05) is 36.4 Å². The van der Waals surface area contributed by atoms with Crippen LogP contribution < -0.4 is 15.1 Å². The van der Waals surface area contributed by atoms with Crippen LogP contribution in [0.1, 0.15) is 10.4 Å². The van der Waals surface area contributed by atoms with Gasteiger partial charge in [0, 0.05) is 0 Å². The molecule has 25 heavy (non-hydrogen) atoms. The van der Waals surface area contributed by atoms with E-state index in [4.69, 9.17) is 4.52 Å². The molecule has 0 radical (unpaired) electrons. The lowest BCUT2D eigenvalue weighted by Gasteiger charge is -2.20. The van der Waals surface area contributed by atoms with Crippen molar-refractivity contribution in [3.05, 3.63) is 90.5 Å². The third-order valence-corrected chi connectivity index (χ3v) is 6.13. The first-order valence-electron chi connectivity index (χ1n) is 7.73. The van der Waals surface area contributed by atoms with E-state index in [-0.39, 0.29) is 0 Å². The average Bonchev–Trinajstić information content (AvgIpc) is 2.69. The molecule has 3 aromatic carbocycles. The number of rotatable bonds is 5. The molecule has 0 aliphatic heterocycles. The molecular weight excluding hydrogens is 335 g/mol. The van der Waals surface area contributed by atoms with Gasteiger partial charge in [-0.15, -0.1) is 0 Å². The summed E-state index contributed by atoms with van der Waals surface area (Å²) in [4.78, 5) is 11.5. The number of benzene rings is 3. The molecule has 0 bridgehead atoms. The summed E-state index contributed by atoms with van der Waals surface area (Å²) >= 11 is 0. The topological polar surface area (TPSA) is 52.6 Å². The van der Waals surface area contributed by atoms with Crippen LogP contribution in [0.5, 0.6) is 5.75 Å². The highest BCUT2D eigenvalue weighted by molar-refractivity contribution is 7.74. The standard InChI is InChI=1S/C20H17O4P/c1-23-20(21)16-12-14-17(15-13-16)24-25(22,18-8-4-2-5-9-18)19-10-6-3-7-11-19/h2-15H,1H3. The average molecular weight is 352 g/mol. The minimum absolute atomic E-state index is 0.407. The molecule has 0 saturated heterocycles. The van der Waals surface area contributed by atoms with Crippen molar-refractivity contribution < 1.29 is 18.6 Å². The Bertz CT molecular complexity index is 846. The molecule has 0 spiro atoms. The molecule has 3 rings (SSSR count). The molecule has 0 saturated carbocycles. The van der Waals surface area contributed by atoms with Gasteiger partial charge in [0.15, 0.2) is 0 Å². The molecule has 0 aromatic heterocycles. The molecular formula is C20H17O4P. The summed E-state index contributed by atoms with van der Waals surface area (Å²) in [5, 5.41) is 1.22. The lowest BCUT2D eigenvalue weighted by molar-refractivity contribution is 0.0600. The van der Waals surface area contributed by atoms with Crippen molar-refractivity contribution in [2.24, 2.45) is 0 Å². The van der Waals surface area contributed by atoms with Gasteiger partial charge in [-0.3, -0.25) is 4.57 Å². The van der Waals surface area contributed by atoms with Crippen LogP contribution in [0.15, 0.2) is 84.9 Å². The van der Waals surface area contributed by atoms with Crippen molar-refractivity contribution in [1.82, 2.24) is 0 Å². The van der Waals surface area contributed by atoms with Gasteiger partial charge in [-0.25, -0.2) is 4.79 Å². The summed E-state index contributed by atoms with van der Waals surface area (Å²) < 4.78 is 24.4. The van der Waals surface area contributed by atoms with Crippen LogP contribution in [0.2, 0.25) is 0 Å². The highest BCUT2D eigenvalue weighted by Crippen LogP contribution is 2.45. The van der Waals surface area contributed by atoms with E-state index >= 15 is 0 Å². The van der Waals surface area contributed by atoms with Crippen LogP contribution in [0.4, 0.5) is 0 Å². The Hall–Kier alpha value is -2.84. The third-order valence-electron chi connectivity index (χ3n) is 3.70. The van der Waals surface area contributed by atoms with Gasteiger partial charge in [-0.2, -0.15) is 0 Å². The fourth-order valence-electron chi connectivity index (χ4n) is 2.42. The van der Waals surface area contributed by atoms with Crippen LogP contribution in [-0.4, -0.2) is 13.1 Å². The molecule has 5 heteroatoms. The molecule has 126 valence electrons. The summed E-state index contributed by atoms with van der Waals surface area (Å²) in [7, 11) is -1.98. The molecule has 0 fully saturated rings. The Morgan fingerprint density at radius 2 is 1.24 bits per heavy atom. The van der Waals surface area contributed by atoms with Gasteiger partial charge in [0.2, 0.25) is 0 Å². The maximum Gasteiger partial charge on any atom is 0.337 e. The number of carbonyl (C=O) groups is 1. The number of ether oxygens (including phenoxy) is 1. The molecule has 0 atom stereocenters. The third kappa shape index (κ3) is 3.65. The first-order valence-corrected chi connectivity index (χ1v) is 9.35. The van der Waals surface area contributed by atoms with Gasteiger partial charge in [-0.1, -0.05) is 36.4 Å². The number of hydrogen-bond acceptors (Lipinski definition) is 4.